The molecule has 5 atom stereocenters. The Morgan fingerprint density at radius 3 is 2.65 bits per heavy atom. The van der Waals surface area contributed by atoms with E-state index in [1.54, 1.807) is 11.1 Å². The Kier molecular flexibility index (Phi) is 6.79. The van der Waals surface area contributed by atoms with Gasteiger partial charge in [0.15, 0.2) is 0 Å². The molecule has 2 fully saturated rings. The average Bonchev–Trinajstić information content (AvgIpc) is 3.36. The second-order valence-electron chi connectivity index (χ2n) is 11.3. The molecule has 0 unspecified atom stereocenters. The molecule has 0 bridgehead atoms. The van der Waals surface area contributed by atoms with Crippen LogP contribution in [0.5, 0.6) is 0 Å². The smallest absolute Gasteiger partial charge is 0.253 e. The first-order chi connectivity index (χ1) is 16.5. The highest BCUT2D eigenvalue weighted by atomic mass is 16.2. The number of unbranched alkanes of at least 4 members (excludes halogenated alkanes) is 3. The van der Waals surface area contributed by atoms with E-state index in [-0.39, 0.29) is 11.8 Å². The van der Waals surface area contributed by atoms with Gasteiger partial charge in [-0.25, -0.2) is 0 Å². The molecule has 0 spiro atoms. The third-order valence-corrected chi connectivity index (χ3v) is 9.59. The number of hydrogen-bond donors (Lipinski definition) is 1. The van der Waals surface area contributed by atoms with Crippen molar-refractivity contribution in [3.05, 3.63) is 53.6 Å². The van der Waals surface area contributed by atoms with Crippen molar-refractivity contribution in [2.75, 3.05) is 13.1 Å². The van der Waals surface area contributed by atoms with Gasteiger partial charge in [0.05, 0.1) is 0 Å². The lowest BCUT2D eigenvalue weighted by Crippen LogP contribution is -2.48. The minimum atomic E-state index is -0.159. The van der Waals surface area contributed by atoms with Crippen LogP contribution in [0.25, 0.3) is 6.08 Å². The van der Waals surface area contributed by atoms with Gasteiger partial charge in [-0.3, -0.25) is 14.5 Å². The van der Waals surface area contributed by atoms with Crippen LogP contribution in [0, 0.1) is 17.3 Å². The Hall–Kier alpha value is -2.20. The standard InChI is InChI=1S/C30H40N2O2/c1-3-21-8-10-23-22(20-21)9-11-25-24(23)16-17-30(2)26(25)12-13-27(30)31-18-6-4-5-7-19-32-28(33)14-15-29(32)34/h3,8,10,14-15,20,24-27,31H,1,4-7,9,11-13,16-19H2,2H3/t24-,25-,26+,27+,30+/m1/s1. The third-order valence-electron chi connectivity index (χ3n) is 9.59. The number of hydrogen-bond acceptors (Lipinski definition) is 3. The van der Waals surface area contributed by atoms with E-state index in [2.05, 4.69) is 37.0 Å². The number of fused-ring (bicyclic) bond motifs is 5. The molecule has 0 radical (unpaired) electrons. The van der Waals surface area contributed by atoms with Crippen LogP contribution < -0.4 is 5.32 Å². The van der Waals surface area contributed by atoms with Crippen LogP contribution in [-0.4, -0.2) is 35.8 Å². The van der Waals surface area contributed by atoms with Gasteiger partial charge in [0.25, 0.3) is 11.8 Å². The largest absolute Gasteiger partial charge is 0.313 e. The summed E-state index contributed by atoms with van der Waals surface area (Å²) in [5.41, 5.74) is 4.90. The van der Waals surface area contributed by atoms with Gasteiger partial charge < -0.3 is 5.32 Å². The van der Waals surface area contributed by atoms with Crippen molar-refractivity contribution in [1.82, 2.24) is 10.2 Å². The molecule has 1 N–H and O–H groups in total. The first kappa shape index (κ1) is 23.5. The minimum absolute atomic E-state index is 0.159. The first-order valence-electron chi connectivity index (χ1n) is 13.5. The summed E-state index contributed by atoms with van der Waals surface area (Å²) in [7, 11) is 0. The fourth-order valence-electron chi connectivity index (χ4n) is 7.74. The normalized spacial score (nSPS) is 32.0. The van der Waals surface area contributed by atoms with Crippen molar-refractivity contribution >= 4 is 17.9 Å². The van der Waals surface area contributed by atoms with Gasteiger partial charge in [0.1, 0.15) is 0 Å². The van der Waals surface area contributed by atoms with Crippen molar-refractivity contribution in [3.8, 4) is 0 Å². The molecule has 1 aliphatic heterocycles. The second-order valence-corrected chi connectivity index (χ2v) is 11.3. The van der Waals surface area contributed by atoms with Crippen molar-refractivity contribution in [3.63, 3.8) is 0 Å². The Morgan fingerprint density at radius 1 is 1.06 bits per heavy atom. The second kappa shape index (κ2) is 9.81. The molecule has 0 saturated heterocycles. The number of rotatable bonds is 9. The molecule has 4 heteroatoms. The first-order valence-corrected chi connectivity index (χ1v) is 13.5. The van der Waals surface area contributed by atoms with E-state index < -0.39 is 0 Å². The number of benzene rings is 1. The predicted molar refractivity (Wildman–Crippen MR) is 137 cm³/mol. The molecule has 182 valence electrons. The molecule has 2 amide bonds. The van der Waals surface area contributed by atoms with Gasteiger partial charge in [-0.15, -0.1) is 0 Å². The van der Waals surface area contributed by atoms with E-state index in [0.717, 1.165) is 43.6 Å². The zero-order chi connectivity index (χ0) is 23.7. The number of aryl methyl sites for hydroxylation is 1. The van der Waals surface area contributed by atoms with Gasteiger partial charge in [-0.05, 0) is 97.8 Å². The Bertz CT molecular complexity index is 964. The maximum atomic E-state index is 11.6. The predicted octanol–water partition coefficient (Wildman–Crippen LogP) is 5.63. The van der Waals surface area contributed by atoms with Crippen LogP contribution in [0.2, 0.25) is 0 Å². The summed E-state index contributed by atoms with van der Waals surface area (Å²) in [6.45, 7) is 8.17. The van der Waals surface area contributed by atoms with Gasteiger partial charge in [0.2, 0.25) is 0 Å². The number of amides is 2. The summed E-state index contributed by atoms with van der Waals surface area (Å²) in [5, 5.41) is 3.96. The lowest BCUT2D eigenvalue weighted by Gasteiger charge is -2.51. The lowest BCUT2D eigenvalue weighted by atomic mass is 9.55. The van der Waals surface area contributed by atoms with Crippen LogP contribution in [0.4, 0.5) is 0 Å². The Morgan fingerprint density at radius 2 is 1.85 bits per heavy atom. The molecule has 0 aromatic heterocycles. The molecule has 3 aliphatic carbocycles. The van der Waals surface area contributed by atoms with Crippen molar-refractivity contribution < 1.29 is 9.59 Å². The summed E-state index contributed by atoms with van der Waals surface area (Å²) in [6, 6.07) is 7.69. The van der Waals surface area contributed by atoms with Crippen molar-refractivity contribution in [1.29, 1.82) is 0 Å². The summed E-state index contributed by atoms with van der Waals surface area (Å²) >= 11 is 0. The minimum Gasteiger partial charge on any atom is -0.313 e. The Balaban J connectivity index is 1.08. The van der Waals surface area contributed by atoms with E-state index >= 15 is 0 Å². The van der Waals surface area contributed by atoms with Gasteiger partial charge in [-0.1, -0.05) is 50.6 Å². The fraction of sp³-hybridized carbons (Fsp3) is 0.600. The fourth-order valence-corrected chi connectivity index (χ4v) is 7.74. The highest BCUT2D eigenvalue weighted by Crippen LogP contribution is 2.60. The summed E-state index contributed by atoms with van der Waals surface area (Å²) in [6.07, 6.45) is 17.0. The highest BCUT2D eigenvalue weighted by Gasteiger charge is 2.54. The molecule has 4 nitrogen and oxygen atoms in total. The number of carbonyl (C=O) groups excluding carboxylic acids is 2. The maximum absolute atomic E-state index is 11.6. The molecule has 1 aromatic carbocycles. The maximum Gasteiger partial charge on any atom is 0.253 e. The summed E-state index contributed by atoms with van der Waals surface area (Å²) in [5.74, 6) is 2.13. The SMILES string of the molecule is C=Cc1ccc2c(c1)CC[C@@H]1[C@@H]2CC[C@]2(C)[C@@H](NCCCCCCN3C(=O)C=CC3=O)CC[C@@H]12. The zero-order valence-electron chi connectivity index (χ0n) is 20.7. The molecule has 1 aromatic rings. The molecular formula is C30H40N2O2. The number of carbonyl (C=O) groups is 2. The number of nitrogens with one attached hydrogen (secondary N) is 1. The zero-order valence-corrected chi connectivity index (χ0v) is 20.7. The molecule has 34 heavy (non-hydrogen) atoms. The van der Waals surface area contributed by atoms with Crippen LogP contribution in [0.1, 0.15) is 87.3 Å². The van der Waals surface area contributed by atoms with E-state index in [4.69, 9.17) is 0 Å². The highest BCUT2D eigenvalue weighted by molar-refractivity contribution is 6.12. The van der Waals surface area contributed by atoms with E-state index in [1.165, 1.54) is 67.6 Å². The molecule has 4 aliphatic rings. The van der Waals surface area contributed by atoms with Crippen molar-refractivity contribution in [2.45, 2.75) is 83.1 Å². The topological polar surface area (TPSA) is 49.4 Å². The third kappa shape index (κ3) is 4.30. The van der Waals surface area contributed by atoms with Crippen LogP contribution in [-0.2, 0) is 16.0 Å². The number of nitrogens with zero attached hydrogens (tertiary/aromatic N) is 1. The summed E-state index contributed by atoms with van der Waals surface area (Å²) < 4.78 is 0. The summed E-state index contributed by atoms with van der Waals surface area (Å²) in [4.78, 5) is 24.6. The molecule has 1 heterocycles. The van der Waals surface area contributed by atoms with Gasteiger partial charge >= 0.3 is 0 Å². The monoisotopic (exact) mass is 460 g/mol. The van der Waals surface area contributed by atoms with Gasteiger partial charge in [0, 0.05) is 24.7 Å². The van der Waals surface area contributed by atoms with Crippen LogP contribution in [0.3, 0.4) is 0 Å². The van der Waals surface area contributed by atoms with Gasteiger partial charge in [-0.2, -0.15) is 0 Å². The number of imide groups is 1. The molecular weight excluding hydrogens is 420 g/mol. The van der Waals surface area contributed by atoms with Crippen LogP contribution >= 0.6 is 0 Å². The lowest BCUT2D eigenvalue weighted by molar-refractivity contribution is -0.136. The van der Waals surface area contributed by atoms with E-state index in [0.29, 0.717) is 18.0 Å². The van der Waals surface area contributed by atoms with E-state index in [1.807, 2.05) is 6.08 Å². The quantitative estimate of drug-likeness (QED) is 0.384. The van der Waals surface area contributed by atoms with E-state index in [9.17, 15) is 9.59 Å². The molecule has 5 rings (SSSR count). The van der Waals surface area contributed by atoms with Crippen LogP contribution in [0.15, 0.2) is 36.9 Å². The average molecular weight is 461 g/mol. The molecule has 2 saturated carbocycles. The Labute approximate surface area is 204 Å². The van der Waals surface area contributed by atoms with Crippen molar-refractivity contribution in [2.24, 2.45) is 17.3 Å².